The summed E-state index contributed by atoms with van der Waals surface area (Å²) in [5.74, 6) is 0.455. The lowest BCUT2D eigenvalue weighted by molar-refractivity contribution is 0.0857. The number of hydrazine groups is 1. The number of sulfonamides is 1. The van der Waals surface area contributed by atoms with Gasteiger partial charge in [0.1, 0.15) is 0 Å². The molecule has 128 valence electrons. The number of nitrogens with one attached hydrogen (secondary N) is 1. The molecule has 2 rings (SSSR count). The summed E-state index contributed by atoms with van der Waals surface area (Å²) < 4.78 is 27.1. The molecule has 7 heteroatoms. The zero-order valence-corrected chi connectivity index (χ0v) is 14.9. The summed E-state index contributed by atoms with van der Waals surface area (Å²) >= 11 is 0. The van der Waals surface area contributed by atoms with E-state index in [1.165, 1.54) is 12.1 Å². The van der Waals surface area contributed by atoms with Gasteiger partial charge in [-0.1, -0.05) is 13.8 Å². The summed E-state index contributed by atoms with van der Waals surface area (Å²) in [4.78, 5) is 12.1. The molecule has 1 amide bonds. The van der Waals surface area contributed by atoms with Gasteiger partial charge in [-0.25, -0.2) is 13.4 Å². The molecule has 0 unspecified atom stereocenters. The minimum Gasteiger partial charge on any atom is -0.285 e. The maximum atomic E-state index is 12.8. The number of rotatable bonds is 4. The fraction of sp³-hybridized carbons (Fsp3) is 0.562. The first-order valence-electron chi connectivity index (χ1n) is 7.78. The Morgan fingerprint density at radius 1 is 1.13 bits per heavy atom. The second-order valence-corrected chi connectivity index (χ2v) is 8.57. The predicted octanol–water partition coefficient (Wildman–Crippen LogP) is 1.56. The monoisotopic (exact) mass is 339 g/mol. The van der Waals surface area contributed by atoms with Crippen LogP contribution in [-0.2, 0) is 10.0 Å². The van der Waals surface area contributed by atoms with E-state index in [1.807, 2.05) is 0 Å². The van der Waals surface area contributed by atoms with Gasteiger partial charge in [-0.2, -0.15) is 4.31 Å². The Balaban J connectivity index is 2.19. The van der Waals surface area contributed by atoms with Gasteiger partial charge in [0.2, 0.25) is 10.0 Å². The van der Waals surface area contributed by atoms with E-state index in [0.717, 1.165) is 6.42 Å². The largest absolute Gasteiger partial charge is 0.285 e. The molecule has 1 aromatic carbocycles. The lowest BCUT2D eigenvalue weighted by Crippen LogP contribution is -2.42. The van der Waals surface area contributed by atoms with Crippen molar-refractivity contribution in [1.29, 1.82) is 0 Å². The van der Waals surface area contributed by atoms with E-state index in [2.05, 4.69) is 19.3 Å². The molecule has 0 radical (unpaired) electrons. The van der Waals surface area contributed by atoms with E-state index < -0.39 is 10.0 Å². The lowest BCUT2D eigenvalue weighted by Gasteiger charge is -2.34. The van der Waals surface area contributed by atoms with Crippen LogP contribution in [0, 0.1) is 11.8 Å². The average molecular weight is 339 g/mol. The van der Waals surface area contributed by atoms with Gasteiger partial charge < -0.3 is 0 Å². The normalized spacial score (nSPS) is 23.0. The smallest absolute Gasteiger partial charge is 0.265 e. The van der Waals surface area contributed by atoms with Crippen LogP contribution in [-0.4, -0.2) is 50.8 Å². The summed E-state index contributed by atoms with van der Waals surface area (Å²) in [6.07, 6.45) is 1.05. The van der Waals surface area contributed by atoms with Crippen LogP contribution in [0.4, 0.5) is 0 Å². The molecule has 1 aliphatic rings. The van der Waals surface area contributed by atoms with Crippen molar-refractivity contribution >= 4 is 15.9 Å². The van der Waals surface area contributed by atoms with Crippen LogP contribution in [0.15, 0.2) is 29.2 Å². The number of amides is 1. The van der Waals surface area contributed by atoms with Gasteiger partial charge in [-0.15, -0.1) is 0 Å². The third-order valence-electron chi connectivity index (χ3n) is 3.91. The maximum absolute atomic E-state index is 12.8. The van der Waals surface area contributed by atoms with Gasteiger partial charge in [0.25, 0.3) is 5.91 Å². The first-order valence-corrected chi connectivity index (χ1v) is 9.22. The van der Waals surface area contributed by atoms with E-state index in [1.54, 1.807) is 35.5 Å². The quantitative estimate of drug-likeness (QED) is 0.845. The van der Waals surface area contributed by atoms with E-state index in [4.69, 9.17) is 0 Å². The van der Waals surface area contributed by atoms with E-state index >= 15 is 0 Å². The molecule has 1 aromatic rings. The molecule has 0 saturated carbocycles. The van der Waals surface area contributed by atoms with Crippen LogP contribution in [0.1, 0.15) is 30.6 Å². The minimum atomic E-state index is -3.50. The van der Waals surface area contributed by atoms with Gasteiger partial charge in [-0.05, 0) is 42.5 Å². The second kappa shape index (κ2) is 6.98. The molecule has 0 aromatic heterocycles. The van der Waals surface area contributed by atoms with Gasteiger partial charge in [-0.3, -0.25) is 10.2 Å². The van der Waals surface area contributed by atoms with Crippen molar-refractivity contribution in [2.45, 2.75) is 25.2 Å². The number of piperidine rings is 1. The van der Waals surface area contributed by atoms with E-state index in [-0.39, 0.29) is 10.8 Å². The Labute approximate surface area is 138 Å². The summed E-state index contributed by atoms with van der Waals surface area (Å²) in [5.41, 5.74) is 3.06. The number of nitrogens with zero attached hydrogens (tertiary/aromatic N) is 2. The molecule has 0 bridgehead atoms. The Kier molecular flexibility index (Phi) is 5.44. The molecule has 0 aliphatic carbocycles. The summed E-state index contributed by atoms with van der Waals surface area (Å²) in [5, 5.41) is 1.55. The van der Waals surface area contributed by atoms with E-state index in [9.17, 15) is 13.2 Å². The van der Waals surface area contributed by atoms with Crippen molar-refractivity contribution in [1.82, 2.24) is 14.7 Å². The standard InChI is InChI=1S/C16H25N3O3S/c1-12-9-13(2)11-19(10-12)23(21,22)15-7-5-14(6-8-15)16(20)17-18(3)4/h5-8,12-13H,9-11H2,1-4H3,(H,17,20)/t12-,13+. The Morgan fingerprint density at radius 2 is 1.65 bits per heavy atom. The molecule has 1 aliphatic heterocycles. The van der Waals surface area contributed by atoms with Crippen LogP contribution >= 0.6 is 0 Å². The van der Waals surface area contributed by atoms with Crippen molar-refractivity contribution in [2.75, 3.05) is 27.2 Å². The molecule has 23 heavy (non-hydrogen) atoms. The van der Waals surface area contributed by atoms with Crippen molar-refractivity contribution in [2.24, 2.45) is 11.8 Å². The van der Waals surface area contributed by atoms with Gasteiger partial charge in [0.05, 0.1) is 4.90 Å². The molecule has 1 saturated heterocycles. The Bertz CT molecular complexity index is 646. The third kappa shape index (κ3) is 4.31. The fourth-order valence-corrected chi connectivity index (χ4v) is 4.68. The third-order valence-corrected chi connectivity index (χ3v) is 5.76. The van der Waals surface area contributed by atoms with Crippen molar-refractivity contribution < 1.29 is 13.2 Å². The first kappa shape index (κ1) is 17.9. The Morgan fingerprint density at radius 3 is 2.13 bits per heavy atom. The SMILES string of the molecule is C[C@@H]1C[C@H](C)CN(S(=O)(=O)c2ccc(C(=O)NN(C)C)cc2)C1. The fourth-order valence-electron chi connectivity index (χ4n) is 3.00. The highest BCUT2D eigenvalue weighted by molar-refractivity contribution is 7.89. The molecule has 1 heterocycles. The van der Waals surface area contributed by atoms with Gasteiger partial charge in [0.15, 0.2) is 0 Å². The van der Waals surface area contributed by atoms with Crippen molar-refractivity contribution in [3.63, 3.8) is 0 Å². The van der Waals surface area contributed by atoms with Crippen molar-refractivity contribution in [3.8, 4) is 0 Å². The average Bonchev–Trinajstić information content (AvgIpc) is 2.45. The highest BCUT2D eigenvalue weighted by atomic mass is 32.2. The van der Waals surface area contributed by atoms with Crippen LogP contribution in [0.3, 0.4) is 0 Å². The van der Waals surface area contributed by atoms with Crippen molar-refractivity contribution in [3.05, 3.63) is 29.8 Å². The van der Waals surface area contributed by atoms with E-state index in [0.29, 0.717) is 30.5 Å². The molecular weight excluding hydrogens is 314 g/mol. The number of hydrogen-bond donors (Lipinski definition) is 1. The second-order valence-electron chi connectivity index (χ2n) is 6.63. The van der Waals surface area contributed by atoms with Gasteiger partial charge in [0, 0.05) is 32.7 Å². The molecular formula is C16H25N3O3S. The van der Waals surface area contributed by atoms with Crippen LogP contribution in [0.25, 0.3) is 0 Å². The zero-order valence-electron chi connectivity index (χ0n) is 14.1. The number of carbonyl (C=O) groups is 1. The number of carbonyl (C=O) groups excluding carboxylic acids is 1. The molecule has 1 N–H and O–H groups in total. The summed E-state index contributed by atoms with van der Waals surface area (Å²) in [7, 11) is -0.0668. The minimum absolute atomic E-state index is 0.236. The highest BCUT2D eigenvalue weighted by Crippen LogP contribution is 2.26. The zero-order chi connectivity index (χ0) is 17.2. The molecule has 0 spiro atoms. The van der Waals surface area contributed by atoms with Gasteiger partial charge >= 0.3 is 0 Å². The number of hydrogen-bond acceptors (Lipinski definition) is 4. The van der Waals surface area contributed by atoms with Crippen LogP contribution in [0.2, 0.25) is 0 Å². The first-order chi connectivity index (χ1) is 10.7. The van der Waals surface area contributed by atoms with Crippen LogP contribution < -0.4 is 5.43 Å². The topological polar surface area (TPSA) is 69.7 Å². The molecule has 6 nitrogen and oxygen atoms in total. The highest BCUT2D eigenvalue weighted by Gasteiger charge is 2.31. The molecule has 2 atom stereocenters. The Hall–Kier alpha value is -1.44. The molecule has 1 fully saturated rings. The number of benzene rings is 1. The summed E-state index contributed by atoms with van der Waals surface area (Å²) in [6.45, 7) is 5.25. The maximum Gasteiger partial charge on any atom is 0.265 e. The lowest BCUT2D eigenvalue weighted by atomic mass is 9.94. The predicted molar refractivity (Wildman–Crippen MR) is 89.3 cm³/mol. The summed E-state index contributed by atoms with van der Waals surface area (Å²) in [6, 6.07) is 6.10. The van der Waals surface area contributed by atoms with Crippen LogP contribution in [0.5, 0.6) is 0 Å².